The molecule has 52 valence electrons. The van der Waals surface area contributed by atoms with Crippen molar-refractivity contribution in [1.29, 1.82) is 0 Å². The molecule has 0 aromatic rings. The fourth-order valence-electron chi connectivity index (χ4n) is 1.10. The van der Waals surface area contributed by atoms with E-state index < -0.39 is 11.5 Å². The first kappa shape index (κ1) is 6.55. The summed E-state index contributed by atoms with van der Waals surface area (Å²) in [6, 6.07) is 0. The topological polar surface area (TPSA) is 64.9 Å². The van der Waals surface area contributed by atoms with E-state index in [0.717, 1.165) is 12.8 Å². The zero-order chi connectivity index (χ0) is 7.07. The molecule has 0 amide bonds. The Morgan fingerprint density at radius 3 is 2.44 bits per heavy atom. The van der Waals surface area contributed by atoms with Gasteiger partial charge < -0.3 is 10.8 Å². The van der Waals surface area contributed by atoms with Crippen LogP contribution in [0.1, 0.15) is 19.8 Å². The van der Waals surface area contributed by atoms with Crippen molar-refractivity contribution < 1.29 is 15.6 Å². The third kappa shape index (κ3) is 0.721. The van der Waals surface area contributed by atoms with Crippen LogP contribution in [0.4, 0.5) is 0 Å². The van der Waals surface area contributed by atoms with Gasteiger partial charge in [-0.1, -0.05) is 6.92 Å². The van der Waals surface area contributed by atoms with Crippen molar-refractivity contribution in [2.75, 3.05) is 0 Å². The number of carboxylic acids is 1. The lowest BCUT2D eigenvalue weighted by atomic mass is 9.68. The molecule has 2 atom stereocenters. The molecule has 0 spiro atoms. The zero-order valence-electron chi connectivity index (χ0n) is 5.55. The lowest BCUT2D eigenvalue weighted by Crippen LogP contribution is -2.83. The van der Waals surface area contributed by atoms with E-state index in [-0.39, 0.29) is 5.92 Å². The van der Waals surface area contributed by atoms with Crippen LogP contribution in [0.5, 0.6) is 0 Å². The molecule has 1 aliphatic carbocycles. The minimum atomic E-state index is -0.749. The van der Waals surface area contributed by atoms with E-state index in [2.05, 4.69) is 5.73 Å². The largest absolute Gasteiger partial charge is 0.477 e. The van der Waals surface area contributed by atoms with Gasteiger partial charge in [-0.25, -0.2) is 4.79 Å². The van der Waals surface area contributed by atoms with Gasteiger partial charge in [0.15, 0.2) is 5.54 Å². The fourth-order valence-corrected chi connectivity index (χ4v) is 1.10. The number of carbonyl (C=O) groups is 1. The minimum Gasteiger partial charge on any atom is -0.477 e. The Hall–Kier alpha value is -0.570. The Morgan fingerprint density at radius 1 is 1.89 bits per heavy atom. The normalized spacial score (nSPS) is 41.8. The molecule has 4 N–H and O–H groups in total. The van der Waals surface area contributed by atoms with E-state index in [1.54, 1.807) is 0 Å². The van der Waals surface area contributed by atoms with E-state index in [9.17, 15) is 4.79 Å². The second-order valence-corrected chi connectivity index (χ2v) is 2.90. The standard InChI is InChI=1S/C6H11NO2/c1-4-2-3-6(4,7)5(8)9/h4H,2-3,7H2,1H3,(H,8,9)/p+1/t4-,6+/m0/s1. The van der Waals surface area contributed by atoms with Crippen molar-refractivity contribution in [2.24, 2.45) is 5.92 Å². The molecule has 0 aromatic carbocycles. The summed E-state index contributed by atoms with van der Waals surface area (Å²) in [5, 5.41) is 8.60. The van der Waals surface area contributed by atoms with Crippen molar-refractivity contribution >= 4 is 5.97 Å². The molecule has 0 heterocycles. The van der Waals surface area contributed by atoms with Crippen LogP contribution < -0.4 is 5.73 Å². The number of carboxylic acid groups (broad SMARTS) is 1. The number of rotatable bonds is 1. The third-order valence-electron chi connectivity index (χ3n) is 2.39. The molecule has 0 saturated heterocycles. The Labute approximate surface area is 53.9 Å². The molecule has 0 bridgehead atoms. The summed E-state index contributed by atoms with van der Waals surface area (Å²) >= 11 is 0. The highest BCUT2D eigenvalue weighted by Gasteiger charge is 2.51. The lowest BCUT2D eigenvalue weighted by molar-refractivity contribution is -0.496. The predicted octanol–water partition coefficient (Wildman–Crippen LogP) is -0.518. The van der Waals surface area contributed by atoms with Gasteiger partial charge in [0.2, 0.25) is 0 Å². The van der Waals surface area contributed by atoms with Crippen molar-refractivity contribution in [2.45, 2.75) is 25.3 Å². The summed E-state index contributed by atoms with van der Waals surface area (Å²) < 4.78 is 0. The second kappa shape index (κ2) is 1.70. The van der Waals surface area contributed by atoms with Gasteiger partial charge in [-0.3, -0.25) is 0 Å². The van der Waals surface area contributed by atoms with Crippen molar-refractivity contribution in [3.05, 3.63) is 0 Å². The first-order valence-corrected chi connectivity index (χ1v) is 3.16. The van der Waals surface area contributed by atoms with Crippen LogP contribution in [0.3, 0.4) is 0 Å². The van der Waals surface area contributed by atoms with Crippen LogP contribution in [0.2, 0.25) is 0 Å². The van der Waals surface area contributed by atoms with Gasteiger partial charge in [0.25, 0.3) is 0 Å². The van der Waals surface area contributed by atoms with Gasteiger partial charge in [0.05, 0.1) is 0 Å². The Morgan fingerprint density at radius 2 is 2.44 bits per heavy atom. The Balaban J connectivity index is 2.64. The maximum Gasteiger partial charge on any atom is 0.365 e. The van der Waals surface area contributed by atoms with Crippen LogP contribution in [-0.4, -0.2) is 16.6 Å². The summed E-state index contributed by atoms with van der Waals surface area (Å²) in [4.78, 5) is 10.5. The van der Waals surface area contributed by atoms with Crippen LogP contribution >= 0.6 is 0 Å². The number of aliphatic carboxylic acids is 1. The molecule has 1 rings (SSSR count). The molecule has 0 unspecified atom stereocenters. The molecule has 9 heavy (non-hydrogen) atoms. The van der Waals surface area contributed by atoms with Gasteiger partial charge in [-0.2, -0.15) is 0 Å². The average molecular weight is 130 g/mol. The Kier molecular flexibility index (Phi) is 1.24. The van der Waals surface area contributed by atoms with Crippen LogP contribution in [0.15, 0.2) is 0 Å². The molecule has 1 aliphatic rings. The van der Waals surface area contributed by atoms with Crippen LogP contribution in [0, 0.1) is 5.92 Å². The SMILES string of the molecule is C[C@H]1CC[C@]1([NH3+])C(=O)O. The smallest absolute Gasteiger partial charge is 0.365 e. The summed E-state index contributed by atoms with van der Waals surface area (Å²) in [6.07, 6.45) is 1.75. The van der Waals surface area contributed by atoms with Gasteiger partial charge in [0, 0.05) is 12.3 Å². The van der Waals surface area contributed by atoms with E-state index in [0.29, 0.717) is 0 Å². The Bertz CT molecular complexity index is 146. The summed E-state index contributed by atoms with van der Waals surface area (Å²) in [5.41, 5.74) is 3.00. The van der Waals surface area contributed by atoms with Gasteiger partial charge in [0.1, 0.15) is 0 Å². The van der Waals surface area contributed by atoms with Crippen molar-refractivity contribution in [3.8, 4) is 0 Å². The first-order chi connectivity index (χ1) is 4.07. The predicted molar refractivity (Wildman–Crippen MR) is 31.7 cm³/mol. The number of hydrogen-bond acceptors (Lipinski definition) is 1. The van der Waals surface area contributed by atoms with Gasteiger partial charge >= 0.3 is 5.97 Å². The fraction of sp³-hybridized carbons (Fsp3) is 0.833. The third-order valence-corrected chi connectivity index (χ3v) is 2.39. The van der Waals surface area contributed by atoms with Gasteiger partial charge in [-0.05, 0) is 6.42 Å². The number of quaternary nitrogens is 1. The molecule has 1 saturated carbocycles. The van der Waals surface area contributed by atoms with Crippen LogP contribution in [-0.2, 0) is 4.79 Å². The van der Waals surface area contributed by atoms with Crippen molar-refractivity contribution in [1.82, 2.24) is 0 Å². The molecule has 3 nitrogen and oxygen atoms in total. The summed E-state index contributed by atoms with van der Waals surface area (Å²) in [6.45, 7) is 1.94. The monoisotopic (exact) mass is 130 g/mol. The van der Waals surface area contributed by atoms with E-state index in [4.69, 9.17) is 5.11 Å². The van der Waals surface area contributed by atoms with E-state index in [1.807, 2.05) is 6.92 Å². The first-order valence-electron chi connectivity index (χ1n) is 3.16. The maximum absolute atomic E-state index is 10.5. The van der Waals surface area contributed by atoms with Crippen molar-refractivity contribution in [3.63, 3.8) is 0 Å². The quantitative estimate of drug-likeness (QED) is 0.501. The maximum atomic E-state index is 10.5. The molecular formula is C6H12NO2+. The molecule has 3 heteroatoms. The van der Waals surface area contributed by atoms with E-state index >= 15 is 0 Å². The average Bonchev–Trinajstić information content (AvgIpc) is 1.82. The molecule has 0 radical (unpaired) electrons. The summed E-state index contributed by atoms with van der Waals surface area (Å²) in [7, 11) is 0. The molecular weight excluding hydrogens is 118 g/mol. The highest BCUT2D eigenvalue weighted by Crippen LogP contribution is 2.34. The number of hydrogen-bond donors (Lipinski definition) is 2. The molecule has 0 aromatic heterocycles. The lowest BCUT2D eigenvalue weighted by Gasteiger charge is -2.36. The van der Waals surface area contributed by atoms with E-state index in [1.165, 1.54) is 0 Å². The highest BCUT2D eigenvalue weighted by atomic mass is 16.4. The van der Waals surface area contributed by atoms with Gasteiger partial charge in [-0.15, -0.1) is 0 Å². The second-order valence-electron chi connectivity index (χ2n) is 2.90. The van der Waals surface area contributed by atoms with Crippen LogP contribution in [0.25, 0.3) is 0 Å². The summed E-state index contributed by atoms with van der Waals surface area (Å²) in [5.74, 6) is -0.490. The molecule has 0 aliphatic heterocycles. The zero-order valence-corrected chi connectivity index (χ0v) is 5.55. The highest BCUT2D eigenvalue weighted by molar-refractivity contribution is 5.78. The molecule has 1 fully saturated rings. The minimum absolute atomic E-state index is 0.259.